The fraction of sp³-hybridized carbons (Fsp3) is 0.455. The average Bonchev–Trinajstić information content (AvgIpc) is 2.99. The van der Waals surface area contributed by atoms with Crippen molar-refractivity contribution in [3.05, 3.63) is 24.3 Å². The normalized spacial score (nSPS) is 18.2. The smallest absolute Gasteiger partial charge is 0.108 e. The summed E-state index contributed by atoms with van der Waals surface area (Å²) < 4.78 is 0. The van der Waals surface area contributed by atoms with E-state index >= 15 is 0 Å². The molecule has 2 heterocycles. The van der Waals surface area contributed by atoms with Gasteiger partial charge in [0.15, 0.2) is 0 Å². The molecular weight excluding hydrogens is 188 g/mol. The Bertz CT molecular complexity index is 439. The first kappa shape index (κ1) is 8.85. The maximum atomic E-state index is 6.06. The second kappa shape index (κ2) is 3.31. The summed E-state index contributed by atoms with van der Waals surface area (Å²) >= 11 is 0. The highest BCUT2D eigenvalue weighted by atomic mass is 14.9. The van der Waals surface area contributed by atoms with Gasteiger partial charge in [-0.05, 0) is 24.8 Å². The molecular formula is C11H14N4. The zero-order valence-electron chi connectivity index (χ0n) is 8.48. The van der Waals surface area contributed by atoms with Crippen LogP contribution < -0.4 is 5.73 Å². The number of nitrogens with two attached hydrogens (primary N) is 1. The number of hydrogen-bond acceptors (Lipinski definition) is 3. The Morgan fingerprint density at radius 3 is 3.13 bits per heavy atom. The van der Waals surface area contributed by atoms with Crippen LogP contribution in [0, 0.1) is 5.92 Å². The number of imidazole rings is 1. The molecule has 1 aliphatic carbocycles. The summed E-state index contributed by atoms with van der Waals surface area (Å²) in [6.07, 6.45) is 6.97. The number of aromatic amines is 1. The molecule has 4 heteroatoms. The van der Waals surface area contributed by atoms with Crippen LogP contribution in [0.5, 0.6) is 0 Å². The van der Waals surface area contributed by atoms with Crippen LogP contribution in [0.1, 0.15) is 18.7 Å². The molecule has 0 radical (unpaired) electrons. The summed E-state index contributed by atoms with van der Waals surface area (Å²) in [6, 6.07) is 2.18. The highest BCUT2D eigenvalue weighted by Gasteiger charge is 2.28. The molecule has 0 spiro atoms. The number of nitrogens with one attached hydrogen (secondary N) is 1. The van der Waals surface area contributed by atoms with E-state index in [2.05, 4.69) is 15.0 Å². The topological polar surface area (TPSA) is 67.6 Å². The van der Waals surface area contributed by atoms with Crippen molar-refractivity contribution in [2.45, 2.75) is 25.3 Å². The molecule has 1 saturated carbocycles. The summed E-state index contributed by atoms with van der Waals surface area (Å²) in [5.74, 6) is 1.70. The van der Waals surface area contributed by atoms with Crippen molar-refractivity contribution in [3.63, 3.8) is 0 Å². The number of fused-ring (bicyclic) bond motifs is 1. The third kappa shape index (κ3) is 1.72. The van der Waals surface area contributed by atoms with Crippen molar-refractivity contribution in [2.24, 2.45) is 11.7 Å². The van der Waals surface area contributed by atoms with Crippen LogP contribution in [-0.2, 0) is 6.42 Å². The second-order valence-electron chi connectivity index (χ2n) is 4.28. The van der Waals surface area contributed by atoms with Crippen molar-refractivity contribution < 1.29 is 0 Å². The van der Waals surface area contributed by atoms with Gasteiger partial charge < -0.3 is 10.7 Å². The molecule has 1 unspecified atom stereocenters. The molecule has 2 aromatic heterocycles. The SMILES string of the molecule is NC(Cc1nc2ccncc2[nH]1)C1CC1. The Balaban J connectivity index is 1.84. The van der Waals surface area contributed by atoms with Crippen molar-refractivity contribution in [1.29, 1.82) is 0 Å². The maximum absolute atomic E-state index is 6.06. The minimum Gasteiger partial charge on any atom is -0.341 e. The Morgan fingerprint density at radius 2 is 2.40 bits per heavy atom. The summed E-state index contributed by atoms with van der Waals surface area (Å²) in [7, 11) is 0. The Labute approximate surface area is 87.9 Å². The number of nitrogens with zero attached hydrogens (tertiary/aromatic N) is 2. The molecule has 15 heavy (non-hydrogen) atoms. The largest absolute Gasteiger partial charge is 0.341 e. The van der Waals surface area contributed by atoms with Gasteiger partial charge in [-0.1, -0.05) is 0 Å². The standard InChI is InChI=1S/C11H14N4/c12-8(7-1-2-7)5-11-14-9-3-4-13-6-10(9)15-11/h3-4,6-8H,1-2,5,12H2,(H,14,15). The number of rotatable bonds is 3. The number of pyridine rings is 1. The van der Waals surface area contributed by atoms with Gasteiger partial charge in [0.25, 0.3) is 0 Å². The van der Waals surface area contributed by atoms with E-state index in [9.17, 15) is 0 Å². The molecule has 0 aliphatic heterocycles. The molecule has 2 aromatic rings. The van der Waals surface area contributed by atoms with Crippen molar-refractivity contribution >= 4 is 11.0 Å². The van der Waals surface area contributed by atoms with E-state index in [4.69, 9.17) is 5.73 Å². The molecule has 1 fully saturated rings. The van der Waals surface area contributed by atoms with Gasteiger partial charge in [-0.15, -0.1) is 0 Å². The van der Waals surface area contributed by atoms with Gasteiger partial charge in [-0.25, -0.2) is 4.98 Å². The molecule has 0 saturated heterocycles. The zero-order valence-corrected chi connectivity index (χ0v) is 8.48. The first-order valence-corrected chi connectivity index (χ1v) is 5.37. The third-order valence-electron chi connectivity index (χ3n) is 2.99. The van der Waals surface area contributed by atoms with Crippen LogP contribution in [0.25, 0.3) is 11.0 Å². The minimum absolute atomic E-state index is 0.263. The fourth-order valence-electron chi connectivity index (χ4n) is 1.92. The van der Waals surface area contributed by atoms with E-state index in [-0.39, 0.29) is 6.04 Å². The van der Waals surface area contributed by atoms with Gasteiger partial charge in [0.1, 0.15) is 5.82 Å². The first-order valence-electron chi connectivity index (χ1n) is 5.37. The quantitative estimate of drug-likeness (QED) is 0.786. The summed E-state index contributed by atoms with van der Waals surface area (Å²) in [5, 5.41) is 0. The van der Waals surface area contributed by atoms with Gasteiger partial charge in [0, 0.05) is 18.7 Å². The van der Waals surface area contributed by atoms with E-state index < -0.39 is 0 Å². The Kier molecular flexibility index (Phi) is 1.95. The molecule has 4 nitrogen and oxygen atoms in total. The molecule has 0 aromatic carbocycles. The highest BCUT2D eigenvalue weighted by Crippen LogP contribution is 2.32. The summed E-state index contributed by atoms with van der Waals surface area (Å²) in [5.41, 5.74) is 8.03. The predicted octanol–water partition coefficient (Wildman–Crippen LogP) is 1.24. The third-order valence-corrected chi connectivity index (χ3v) is 2.99. The first-order chi connectivity index (χ1) is 7.33. The van der Waals surface area contributed by atoms with Crippen LogP contribution in [0.2, 0.25) is 0 Å². The lowest BCUT2D eigenvalue weighted by Crippen LogP contribution is -2.25. The molecule has 0 bridgehead atoms. The maximum Gasteiger partial charge on any atom is 0.108 e. The molecule has 1 aliphatic rings. The van der Waals surface area contributed by atoms with Crippen LogP contribution in [0.15, 0.2) is 18.5 Å². The van der Waals surface area contributed by atoms with E-state index in [1.807, 2.05) is 6.07 Å². The molecule has 3 N–H and O–H groups in total. The van der Waals surface area contributed by atoms with Gasteiger partial charge in [0.2, 0.25) is 0 Å². The van der Waals surface area contributed by atoms with Crippen LogP contribution in [0.4, 0.5) is 0 Å². The van der Waals surface area contributed by atoms with Crippen LogP contribution in [0.3, 0.4) is 0 Å². The highest BCUT2D eigenvalue weighted by molar-refractivity contribution is 5.73. The lowest BCUT2D eigenvalue weighted by molar-refractivity contribution is 0.579. The lowest BCUT2D eigenvalue weighted by atomic mass is 10.1. The van der Waals surface area contributed by atoms with Gasteiger partial charge >= 0.3 is 0 Å². The second-order valence-corrected chi connectivity index (χ2v) is 4.28. The summed E-state index contributed by atoms with van der Waals surface area (Å²) in [4.78, 5) is 11.8. The van der Waals surface area contributed by atoms with E-state index in [1.165, 1.54) is 12.8 Å². The van der Waals surface area contributed by atoms with Crippen molar-refractivity contribution in [2.75, 3.05) is 0 Å². The minimum atomic E-state index is 0.263. The van der Waals surface area contributed by atoms with Crippen molar-refractivity contribution in [3.8, 4) is 0 Å². The monoisotopic (exact) mass is 202 g/mol. The lowest BCUT2D eigenvalue weighted by Gasteiger charge is -2.06. The fourth-order valence-corrected chi connectivity index (χ4v) is 1.92. The molecule has 78 valence electrons. The predicted molar refractivity (Wildman–Crippen MR) is 58.3 cm³/mol. The average molecular weight is 202 g/mol. The van der Waals surface area contributed by atoms with Crippen LogP contribution >= 0.6 is 0 Å². The number of aromatic nitrogens is 3. The van der Waals surface area contributed by atoms with Gasteiger partial charge in [-0.3, -0.25) is 4.98 Å². The van der Waals surface area contributed by atoms with E-state index in [0.717, 1.165) is 29.2 Å². The van der Waals surface area contributed by atoms with Crippen LogP contribution in [-0.4, -0.2) is 21.0 Å². The van der Waals surface area contributed by atoms with E-state index in [0.29, 0.717) is 0 Å². The van der Waals surface area contributed by atoms with E-state index in [1.54, 1.807) is 12.4 Å². The van der Waals surface area contributed by atoms with Gasteiger partial charge in [-0.2, -0.15) is 0 Å². The molecule has 3 rings (SSSR count). The Hall–Kier alpha value is -1.42. The zero-order chi connectivity index (χ0) is 10.3. The van der Waals surface area contributed by atoms with Gasteiger partial charge in [0.05, 0.1) is 17.2 Å². The molecule has 1 atom stereocenters. The molecule has 0 amide bonds. The van der Waals surface area contributed by atoms with Crippen molar-refractivity contribution in [1.82, 2.24) is 15.0 Å². The number of H-pyrrole nitrogens is 1. The Morgan fingerprint density at radius 1 is 1.53 bits per heavy atom. The summed E-state index contributed by atoms with van der Waals surface area (Å²) in [6.45, 7) is 0. The number of hydrogen-bond donors (Lipinski definition) is 2.